The lowest BCUT2D eigenvalue weighted by molar-refractivity contribution is 0.564. The fraction of sp³-hybridized carbons (Fsp3) is 0.278. The standard InChI is InChI=1S/C18H19FN2/c1-14(16-5-3-2-4-6-16)9-10-21-13-17-8-7-15(12-20)11-18(17)19/h2-8,11,14,21H,9-10,13H2,1H3. The van der Waals surface area contributed by atoms with E-state index in [0.717, 1.165) is 13.0 Å². The molecule has 0 heterocycles. The monoisotopic (exact) mass is 282 g/mol. The average molecular weight is 282 g/mol. The van der Waals surface area contributed by atoms with E-state index in [1.54, 1.807) is 12.1 Å². The molecule has 0 bridgehead atoms. The fourth-order valence-electron chi connectivity index (χ4n) is 2.25. The number of hydrogen-bond donors (Lipinski definition) is 1. The van der Waals surface area contributed by atoms with E-state index in [4.69, 9.17) is 5.26 Å². The number of nitriles is 1. The summed E-state index contributed by atoms with van der Waals surface area (Å²) < 4.78 is 13.7. The van der Waals surface area contributed by atoms with Gasteiger partial charge in [-0.25, -0.2) is 4.39 Å². The van der Waals surface area contributed by atoms with Crippen LogP contribution in [0.2, 0.25) is 0 Å². The summed E-state index contributed by atoms with van der Waals surface area (Å²) in [6.07, 6.45) is 1.00. The third kappa shape index (κ3) is 4.40. The minimum Gasteiger partial charge on any atom is -0.313 e. The molecule has 3 heteroatoms. The van der Waals surface area contributed by atoms with Crippen molar-refractivity contribution >= 4 is 0 Å². The molecule has 0 aliphatic carbocycles. The Labute approximate surface area is 125 Å². The molecule has 1 unspecified atom stereocenters. The van der Waals surface area contributed by atoms with Crippen LogP contribution in [0, 0.1) is 17.1 Å². The summed E-state index contributed by atoms with van der Waals surface area (Å²) in [5.74, 6) is 0.155. The van der Waals surface area contributed by atoms with Crippen LogP contribution in [0.1, 0.15) is 36.0 Å². The summed E-state index contributed by atoms with van der Waals surface area (Å²) in [5, 5.41) is 12.0. The normalized spacial score (nSPS) is 11.9. The van der Waals surface area contributed by atoms with Crippen molar-refractivity contribution in [2.45, 2.75) is 25.8 Å². The zero-order valence-electron chi connectivity index (χ0n) is 12.1. The molecular weight excluding hydrogens is 263 g/mol. The maximum Gasteiger partial charge on any atom is 0.129 e. The van der Waals surface area contributed by atoms with E-state index in [0.29, 0.717) is 23.6 Å². The highest BCUT2D eigenvalue weighted by Crippen LogP contribution is 2.17. The first kappa shape index (κ1) is 15.2. The number of hydrogen-bond acceptors (Lipinski definition) is 2. The van der Waals surface area contributed by atoms with Gasteiger partial charge in [0.1, 0.15) is 5.82 Å². The highest BCUT2D eigenvalue weighted by atomic mass is 19.1. The van der Waals surface area contributed by atoms with Gasteiger partial charge in [0.25, 0.3) is 0 Å². The van der Waals surface area contributed by atoms with Crippen LogP contribution in [0.15, 0.2) is 48.5 Å². The van der Waals surface area contributed by atoms with Crippen molar-refractivity contribution < 1.29 is 4.39 Å². The van der Waals surface area contributed by atoms with Gasteiger partial charge in [-0.1, -0.05) is 43.3 Å². The molecule has 2 aromatic carbocycles. The molecule has 0 aliphatic rings. The molecule has 0 aliphatic heterocycles. The number of nitrogens with zero attached hydrogens (tertiary/aromatic N) is 1. The van der Waals surface area contributed by atoms with Gasteiger partial charge in [0.2, 0.25) is 0 Å². The van der Waals surface area contributed by atoms with Crippen molar-refractivity contribution in [2.24, 2.45) is 0 Å². The summed E-state index contributed by atoms with van der Waals surface area (Å²) in [4.78, 5) is 0. The third-order valence-corrected chi connectivity index (χ3v) is 3.62. The Morgan fingerprint density at radius 2 is 1.95 bits per heavy atom. The van der Waals surface area contributed by atoms with E-state index in [1.807, 2.05) is 24.3 Å². The molecule has 1 atom stereocenters. The van der Waals surface area contributed by atoms with E-state index >= 15 is 0 Å². The Morgan fingerprint density at radius 3 is 2.62 bits per heavy atom. The van der Waals surface area contributed by atoms with Crippen LogP contribution in [-0.2, 0) is 6.54 Å². The maximum absolute atomic E-state index is 13.7. The first-order chi connectivity index (χ1) is 10.2. The molecule has 2 rings (SSSR count). The summed E-state index contributed by atoms with van der Waals surface area (Å²) >= 11 is 0. The zero-order valence-corrected chi connectivity index (χ0v) is 12.1. The number of rotatable bonds is 6. The lowest BCUT2D eigenvalue weighted by Crippen LogP contribution is -2.17. The molecular formula is C18H19FN2. The molecule has 0 aromatic heterocycles. The highest BCUT2D eigenvalue weighted by Gasteiger charge is 2.06. The van der Waals surface area contributed by atoms with E-state index < -0.39 is 0 Å². The minimum atomic E-state index is -0.322. The average Bonchev–Trinajstić information content (AvgIpc) is 2.53. The number of halogens is 1. The van der Waals surface area contributed by atoms with Gasteiger partial charge in [-0.2, -0.15) is 5.26 Å². The molecule has 0 saturated carbocycles. The van der Waals surface area contributed by atoms with Crippen LogP contribution < -0.4 is 5.32 Å². The second-order valence-electron chi connectivity index (χ2n) is 5.20. The number of nitrogens with one attached hydrogen (secondary N) is 1. The van der Waals surface area contributed by atoms with E-state index in [1.165, 1.54) is 11.6 Å². The largest absolute Gasteiger partial charge is 0.313 e. The lowest BCUT2D eigenvalue weighted by Gasteiger charge is -2.12. The molecule has 1 N–H and O–H groups in total. The van der Waals surface area contributed by atoms with Crippen molar-refractivity contribution in [1.29, 1.82) is 5.26 Å². The van der Waals surface area contributed by atoms with Gasteiger partial charge in [0.15, 0.2) is 0 Å². The van der Waals surface area contributed by atoms with Gasteiger partial charge < -0.3 is 5.32 Å². The quantitative estimate of drug-likeness (QED) is 0.813. The molecule has 2 aromatic rings. The summed E-state index contributed by atoms with van der Waals surface area (Å²) in [5.41, 5.74) is 2.28. The van der Waals surface area contributed by atoms with E-state index in [2.05, 4.69) is 24.4 Å². The fourth-order valence-corrected chi connectivity index (χ4v) is 2.25. The van der Waals surface area contributed by atoms with Crippen molar-refractivity contribution in [3.63, 3.8) is 0 Å². The summed E-state index contributed by atoms with van der Waals surface area (Å²) in [7, 11) is 0. The van der Waals surface area contributed by atoms with E-state index in [-0.39, 0.29) is 5.82 Å². The first-order valence-electron chi connectivity index (χ1n) is 7.15. The summed E-state index contributed by atoms with van der Waals surface area (Å²) in [6.45, 7) is 3.51. The molecule has 0 amide bonds. The Hall–Kier alpha value is -2.18. The Balaban J connectivity index is 1.79. The summed E-state index contributed by atoms with van der Waals surface area (Å²) in [6, 6.07) is 16.9. The van der Waals surface area contributed by atoms with Gasteiger partial charge >= 0.3 is 0 Å². The van der Waals surface area contributed by atoms with Crippen LogP contribution in [0.3, 0.4) is 0 Å². The molecule has 0 radical (unpaired) electrons. The van der Waals surface area contributed by atoms with Crippen molar-refractivity contribution in [3.05, 3.63) is 71.0 Å². The molecule has 0 spiro atoms. The minimum absolute atomic E-state index is 0.322. The van der Waals surface area contributed by atoms with Crippen LogP contribution in [0.25, 0.3) is 0 Å². The number of benzene rings is 2. The maximum atomic E-state index is 13.7. The van der Waals surface area contributed by atoms with Crippen LogP contribution in [-0.4, -0.2) is 6.54 Å². The van der Waals surface area contributed by atoms with Gasteiger partial charge in [-0.05, 0) is 36.6 Å². The van der Waals surface area contributed by atoms with Gasteiger partial charge in [0.05, 0.1) is 11.6 Å². The highest BCUT2D eigenvalue weighted by molar-refractivity contribution is 5.32. The van der Waals surface area contributed by atoms with Crippen LogP contribution in [0.4, 0.5) is 4.39 Å². The van der Waals surface area contributed by atoms with Crippen molar-refractivity contribution in [1.82, 2.24) is 5.32 Å². The SMILES string of the molecule is CC(CCNCc1ccc(C#N)cc1F)c1ccccc1. The Kier molecular flexibility index (Phi) is 5.48. The second kappa shape index (κ2) is 7.56. The predicted octanol–water partition coefficient (Wildman–Crippen LogP) is 3.98. The topological polar surface area (TPSA) is 35.8 Å². The molecule has 108 valence electrons. The molecule has 0 saturated heterocycles. The van der Waals surface area contributed by atoms with E-state index in [9.17, 15) is 4.39 Å². The predicted molar refractivity (Wildman–Crippen MR) is 82.3 cm³/mol. The van der Waals surface area contributed by atoms with Gasteiger partial charge in [-0.15, -0.1) is 0 Å². The van der Waals surface area contributed by atoms with Crippen molar-refractivity contribution in [2.75, 3.05) is 6.54 Å². The second-order valence-corrected chi connectivity index (χ2v) is 5.20. The molecule has 0 fully saturated rings. The first-order valence-corrected chi connectivity index (χ1v) is 7.15. The smallest absolute Gasteiger partial charge is 0.129 e. The van der Waals surface area contributed by atoms with Crippen LogP contribution in [0.5, 0.6) is 0 Å². The van der Waals surface area contributed by atoms with Crippen molar-refractivity contribution in [3.8, 4) is 6.07 Å². The Bertz CT molecular complexity index is 617. The zero-order chi connectivity index (χ0) is 15.1. The Morgan fingerprint density at radius 1 is 1.19 bits per heavy atom. The van der Waals surface area contributed by atoms with Gasteiger partial charge in [0, 0.05) is 12.1 Å². The van der Waals surface area contributed by atoms with Crippen LogP contribution >= 0.6 is 0 Å². The van der Waals surface area contributed by atoms with Gasteiger partial charge in [-0.3, -0.25) is 0 Å². The third-order valence-electron chi connectivity index (χ3n) is 3.62. The molecule has 21 heavy (non-hydrogen) atoms. The molecule has 2 nitrogen and oxygen atoms in total. The lowest BCUT2D eigenvalue weighted by atomic mass is 9.98.